The van der Waals surface area contributed by atoms with E-state index in [4.69, 9.17) is 0 Å². The number of nitrogens with one attached hydrogen (secondary N) is 1. The minimum atomic E-state index is -4.89. The van der Waals surface area contributed by atoms with Crippen molar-refractivity contribution in [1.82, 2.24) is 10.2 Å². The Morgan fingerprint density at radius 2 is 1.89 bits per heavy atom. The number of alkyl halides is 3. The first kappa shape index (κ1) is 16.2. The van der Waals surface area contributed by atoms with Crippen LogP contribution in [0.15, 0.2) is 0 Å². The maximum atomic E-state index is 12.0. The van der Waals surface area contributed by atoms with Gasteiger partial charge in [-0.25, -0.2) is 0 Å². The van der Waals surface area contributed by atoms with Gasteiger partial charge in [-0.3, -0.25) is 4.79 Å². The summed E-state index contributed by atoms with van der Waals surface area (Å²) in [5.74, 6) is -2.05. The highest BCUT2D eigenvalue weighted by Gasteiger charge is 2.39. The molecule has 4 nitrogen and oxygen atoms in total. The molecule has 1 fully saturated rings. The number of likely N-dealkylation sites (tertiary alicyclic amines) is 1. The average Bonchev–Trinajstić information content (AvgIpc) is 2.34. The second kappa shape index (κ2) is 6.56. The summed E-state index contributed by atoms with van der Waals surface area (Å²) >= 11 is 0. The molecule has 0 aromatic carbocycles. The van der Waals surface area contributed by atoms with Crippen LogP contribution in [0.3, 0.4) is 0 Å². The lowest BCUT2D eigenvalue weighted by Crippen LogP contribution is -2.46. The number of amides is 1. The fourth-order valence-electron chi connectivity index (χ4n) is 2.28. The highest BCUT2D eigenvalue weighted by Crippen LogP contribution is 2.22. The minimum Gasteiger partial charge on any atom is -0.391 e. The predicted octanol–water partition coefficient (Wildman–Crippen LogP) is 1.15. The Bertz CT molecular complexity index is 300. The fourth-order valence-corrected chi connectivity index (χ4v) is 2.28. The molecule has 19 heavy (non-hydrogen) atoms. The van der Waals surface area contributed by atoms with Gasteiger partial charge in [-0.15, -0.1) is 0 Å². The van der Waals surface area contributed by atoms with Gasteiger partial charge in [-0.2, -0.15) is 13.2 Å². The molecule has 0 saturated carbocycles. The Balaban J connectivity index is 2.32. The second-order valence-corrected chi connectivity index (χ2v) is 5.24. The lowest BCUT2D eigenvalue weighted by Gasteiger charge is -2.36. The molecule has 1 aliphatic rings. The molecule has 1 atom stereocenters. The minimum absolute atomic E-state index is 0.0523. The summed E-state index contributed by atoms with van der Waals surface area (Å²) in [6.07, 6.45) is -4.33. The smallest absolute Gasteiger partial charge is 0.391 e. The van der Waals surface area contributed by atoms with Crippen LogP contribution >= 0.6 is 0 Å². The molecule has 0 aromatic rings. The van der Waals surface area contributed by atoms with Crippen LogP contribution in [0, 0.1) is 5.92 Å². The van der Waals surface area contributed by atoms with Gasteiger partial charge in [0, 0.05) is 12.6 Å². The maximum Gasteiger partial charge on any atom is 0.471 e. The van der Waals surface area contributed by atoms with E-state index in [1.54, 1.807) is 5.32 Å². The van der Waals surface area contributed by atoms with Crippen LogP contribution in [0.2, 0.25) is 0 Å². The van der Waals surface area contributed by atoms with E-state index >= 15 is 0 Å². The molecule has 0 aromatic heterocycles. The van der Waals surface area contributed by atoms with E-state index in [0.717, 1.165) is 25.9 Å². The summed E-state index contributed by atoms with van der Waals surface area (Å²) in [7, 11) is 0. The molecule has 1 amide bonds. The van der Waals surface area contributed by atoms with Crippen molar-refractivity contribution in [3.05, 3.63) is 0 Å². The van der Waals surface area contributed by atoms with Crippen molar-refractivity contribution in [3.8, 4) is 0 Å². The monoisotopic (exact) mass is 282 g/mol. The van der Waals surface area contributed by atoms with Crippen LogP contribution in [0.4, 0.5) is 13.2 Å². The van der Waals surface area contributed by atoms with Crippen LogP contribution in [-0.2, 0) is 4.79 Å². The molecule has 1 rings (SSSR count). The van der Waals surface area contributed by atoms with Gasteiger partial charge in [0.1, 0.15) is 0 Å². The number of halogens is 3. The van der Waals surface area contributed by atoms with E-state index in [2.05, 4.69) is 18.7 Å². The lowest BCUT2D eigenvalue weighted by atomic mass is 9.90. The van der Waals surface area contributed by atoms with Crippen molar-refractivity contribution in [3.63, 3.8) is 0 Å². The van der Waals surface area contributed by atoms with E-state index in [9.17, 15) is 23.1 Å². The first-order valence-corrected chi connectivity index (χ1v) is 6.49. The molecule has 2 N–H and O–H groups in total. The molecule has 7 heteroatoms. The zero-order valence-corrected chi connectivity index (χ0v) is 11.2. The summed E-state index contributed by atoms with van der Waals surface area (Å²) < 4.78 is 35.9. The van der Waals surface area contributed by atoms with Crippen molar-refractivity contribution in [2.75, 3.05) is 19.6 Å². The molecule has 112 valence electrons. The van der Waals surface area contributed by atoms with Gasteiger partial charge in [0.05, 0.1) is 6.10 Å². The maximum absolute atomic E-state index is 12.0. The number of carbonyl (C=O) groups is 1. The Morgan fingerprint density at radius 1 is 1.37 bits per heavy atom. The largest absolute Gasteiger partial charge is 0.471 e. The molecule has 1 aliphatic heterocycles. The van der Waals surface area contributed by atoms with Gasteiger partial charge in [0.25, 0.3) is 0 Å². The Hall–Kier alpha value is -0.820. The molecule has 1 unspecified atom stereocenters. The number of aliphatic hydroxyl groups is 1. The van der Waals surface area contributed by atoms with Crippen LogP contribution < -0.4 is 5.32 Å². The first-order valence-electron chi connectivity index (χ1n) is 6.49. The van der Waals surface area contributed by atoms with Crippen LogP contribution in [-0.4, -0.2) is 53.9 Å². The van der Waals surface area contributed by atoms with Gasteiger partial charge in [-0.1, -0.05) is 0 Å². The summed E-state index contributed by atoms with van der Waals surface area (Å²) in [4.78, 5) is 12.9. The van der Waals surface area contributed by atoms with Crippen molar-refractivity contribution >= 4 is 5.91 Å². The van der Waals surface area contributed by atoms with E-state index in [1.165, 1.54) is 0 Å². The summed E-state index contributed by atoms with van der Waals surface area (Å²) in [6.45, 7) is 5.48. The van der Waals surface area contributed by atoms with Crippen molar-refractivity contribution in [1.29, 1.82) is 0 Å². The normalized spacial score (nSPS) is 20.6. The number of nitrogens with zero attached hydrogens (tertiary/aromatic N) is 1. The van der Waals surface area contributed by atoms with Crippen LogP contribution in [0.5, 0.6) is 0 Å². The third-order valence-corrected chi connectivity index (χ3v) is 3.58. The van der Waals surface area contributed by atoms with Gasteiger partial charge < -0.3 is 15.3 Å². The highest BCUT2D eigenvalue weighted by molar-refractivity contribution is 5.81. The van der Waals surface area contributed by atoms with Crippen molar-refractivity contribution in [2.45, 2.75) is 45.0 Å². The summed E-state index contributed by atoms with van der Waals surface area (Å²) in [5, 5.41) is 11.5. The second-order valence-electron chi connectivity index (χ2n) is 5.24. The van der Waals surface area contributed by atoms with E-state index in [-0.39, 0.29) is 12.5 Å². The zero-order chi connectivity index (χ0) is 14.6. The van der Waals surface area contributed by atoms with Gasteiger partial charge in [0.2, 0.25) is 0 Å². The quantitative estimate of drug-likeness (QED) is 0.813. The molecule has 0 radical (unpaired) electrons. The fraction of sp³-hybridized carbons (Fsp3) is 0.917. The van der Waals surface area contributed by atoms with E-state index in [0.29, 0.717) is 6.04 Å². The van der Waals surface area contributed by atoms with Crippen molar-refractivity contribution in [2.24, 2.45) is 5.92 Å². The Morgan fingerprint density at radius 3 is 2.32 bits per heavy atom. The zero-order valence-electron chi connectivity index (χ0n) is 11.2. The predicted molar refractivity (Wildman–Crippen MR) is 64.5 cm³/mol. The van der Waals surface area contributed by atoms with Gasteiger partial charge in [-0.05, 0) is 45.7 Å². The average molecular weight is 282 g/mol. The Labute approximate surface area is 111 Å². The molecule has 1 heterocycles. The summed E-state index contributed by atoms with van der Waals surface area (Å²) in [6, 6.07) is 0.433. The molecular weight excluding hydrogens is 261 g/mol. The SMILES string of the molecule is CC(C)N1CCC(C(O)CNC(=O)C(F)(F)F)CC1. The Kier molecular flexibility index (Phi) is 5.61. The van der Waals surface area contributed by atoms with E-state index in [1.807, 2.05) is 0 Å². The number of piperidine rings is 1. The van der Waals surface area contributed by atoms with Crippen molar-refractivity contribution < 1.29 is 23.1 Å². The third-order valence-electron chi connectivity index (χ3n) is 3.58. The first-order chi connectivity index (χ1) is 8.71. The molecule has 0 spiro atoms. The standard InChI is InChI=1S/C12H21F3N2O2/c1-8(2)17-5-3-9(4-6-17)10(18)7-16-11(19)12(13,14)15/h8-10,18H,3-7H2,1-2H3,(H,16,19). The van der Waals surface area contributed by atoms with Crippen LogP contribution in [0.1, 0.15) is 26.7 Å². The third kappa shape index (κ3) is 4.99. The topological polar surface area (TPSA) is 52.6 Å². The molecular formula is C12H21F3N2O2. The molecule has 0 bridgehead atoms. The van der Waals surface area contributed by atoms with E-state index < -0.39 is 18.2 Å². The number of aliphatic hydroxyl groups excluding tert-OH is 1. The highest BCUT2D eigenvalue weighted by atomic mass is 19.4. The van der Waals surface area contributed by atoms with Gasteiger partial charge in [0.15, 0.2) is 0 Å². The number of rotatable bonds is 4. The number of carbonyl (C=O) groups excluding carboxylic acids is 1. The number of hydrogen-bond acceptors (Lipinski definition) is 3. The number of hydrogen-bond donors (Lipinski definition) is 2. The molecule has 1 saturated heterocycles. The summed E-state index contributed by atoms with van der Waals surface area (Å²) in [5.41, 5.74) is 0. The van der Waals surface area contributed by atoms with Gasteiger partial charge >= 0.3 is 12.1 Å². The van der Waals surface area contributed by atoms with Crippen LogP contribution in [0.25, 0.3) is 0 Å². The molecule has 0 aliphatic carbocycles. The lowest BCUT2D eigenvalue weighted by molar-refractivity contribution is -0.174.